The fraction of sp³-hybridized carbons (Fsp3) is 0.444. The summed E-state index contributed by atoms with van der Waals surface area (Å²) in [5.41, 5.74) is 5.06. The number of hydrogen-bond acceptors (Lipinski definition) is 5. The molecule has 0 atom stereocenters. The molecule has 0 radical (unpaired) electrons. The summed E-state index contributed by atoms with van der Waals surface area (Å²) in [6, 6.07) is 0. The van der Waals surface area contributed by atoms with Crippen LogP contribution in [0.4, 0.5) is 0 Å². The smallest absolute Gasteiger partial charge is 0.292 e. The van der Waals surface area contributed by atoms with E-state index in [1.54, 1.807) is 0 Å². The van der Waals surface area contributed by atoms with Gasteiger partial charge in [-0.2, -0.15) is 0 Å². The molecule has 92 valence electrons. The second-order valence-electron chi connectivity index (χ2n) is 3.37. The Kier molecular flexibility index (Phi) is 3.60. The lowest BCUT2D eigenvalue weighted by Gasteiger charge is -2.10. The van der Waals surface area contributed by atoms with Crippen LogP contribution < -0.4 is 10.9 Å². The molecular weight excluding hydrogens is 250 g/mol. The van der Waals surface area contributed by atoms with Crippen LogP contribution >= 0.6 is 11.6 Å². The second-order valence-corrected chi connectivity index (χ2v) is 3.64. The molecule has 0 unspecified atom stereocenters. The SMILES string of the molecule is O=C(CCl)NNC(=O)c1noc2c1COCC2. The third kappa shape index (κ3) is 2.56. The van der Waals surface area contributed by atoms with Gasteiger partial charge in [-0.1, -0.05) is 5.16 Å². The first-order valence-corrected chi connectivity index (χ1v) is 5.46. The maximum absolute atomic E-state index is 11.7. The maximum Gasteiger partial charge on any atom is 0.292 e. The maximum atomic E-state index is 11.7. The lowest BCUT2D eigenvalue weighted by atomic mass is 10.1. The van der Waals surface area contributed by atoms with Crippen LogP contribution in [0.3, 0.4) is 0 Å². The average molecular weight is 260 g/mol. The molecular formula is C9H10ClN3O4. The van der Waals surface area contributed by atoms with Crippen molar-refractivity contribution in [2.75, 3.05) is 12.5 Å². The Morgan fingerprint density at radius 2 is 2.24 bits per heavy atom. The van der Waals surface area contributed by atoms with Crippen molar-refractivity contribution < 1.29 is 18.8 Å². The van der Waals surface area contributed by atoms with Crippen molar-refractivity contribution in [3.05, 3.63) is 17.0 Å². The summed E-state index contributed by atoms with van der Waals surface area (Å²) in [5.74, 6) is -0.655. The predicted molar refractivity (Wildman–Crippen MR) is 56.2 cm³/mol. The topological polar surface area (TPSA) is 93.5 Å². The van der Waals surface area contributed by atoms with E-state index in [1.165, 1.54) is 0 Å². The molecule has 2 amide bonds. The van der Waals surface area contributed by atoms with E-state index in [0.29, 0.717) is 24.4 Å². The van der Waals surface area contributed by atoms with Gasteiger partial charge in [-0.25, -0.2) is 0 Å². The van der Waals surface area contributed by atoms with Gasteiger partial charge in [0.2, 0.25) is 0 Å². The van der Waals surface area contributed by atoms with Crippen molar-refractivity contribution in [2.24, 2.45) is 0 Å². The van der Waals surface area contributed by atoms with Gasteiger partial charge in [-0.15, -0.1) is 11.6 Å². The summed E-state index contributed by atoms with van der Waals surface area (Å²) in [6.45, 7) is 0.831. The van der Waals surface area contributed by atoms with Crippen LogP contribution in [-0.4, -0.2) is 29.5 Å². The van der Waals surface area contributed by atoms with Gasteiger partial charge >= 0.3 is 0 Å². The van der Waals surface area contributed by atoms with Gasteiger partial charge < -0.3 is 9.26 Å². The highest BCUT2D eigenvalue weighted by Crippen LogP contribution is 2.20. The zero-order chi connectivity index (χ0) is 12.3. The van der Waals surface area contributed by atoms with Crippen LogP contribution in [0.1, 0.15) is 21.8 Å². The fourth-order valence-corrected chi connectivity index (χ4v) is 1.49. The summed E-state index contributed by atoms with van der Waals surface area (Å²) in [5, 5.41) is 3.65. The third-order valence-electron chi connectivity index (χ3n) is 2.24. The van der Waals surface area contributed by atoms with E-state index in [1.807, 2.05) is 0 Å². The third-order valence-corrected chi connectivity index (χ3v) is 2.48. The number of halogens is 1. The van der Waals surface area contributed by atoms with E-state index < -0.39 is 11.8 Å². The Bertz CT molecular complexity index is 445. The molecule has 1 aromatic heterocycles. The Morgan fingerprint density at radius 3 is 3.00 bits per heavy atom. The highest BCUT2D eigenvalue weighted by Gasteiger charge is 2.24. The van der Waals surface area contributed by atoms with Gasteiger partial charge in [0.1, 0.15) is 11.6 Å². The summed E-state index contributed by atoms with van der Waals surface area (Å²) >= 11 is 5.26. The number of carbonyl (C=O) groups is 2. The van der Waals surface area contributed by atoms with Crippen molar-refractivity contribution in [2.45, 2.75) is 13.0 Å². The lowest BCUT2D eigenvalue weighted by Crippen LogP contribution is -2.42. The molecule has 17 heavy (non-hydrogen) atoms. The molecule has 8 heteroatoms. The van der Waals surface area contributed by atoms with Gasteiger partial charge in [-0.05, 0) is 0 Å². The van der Waals surface area contributed by atoms with E-state index in [0.717, 1.165) is 0 Å². The van der Waals surface area contributed by atoms with Crippen LogP contribution in [-0.2, 0) is 22.6 Å². The number of fused-ring (bicyclic) bond motifs is 1. The van der Waals surface area contributed by atoms with Gasteiger partial charge in [0.15, 0.2) is 5.69 Å². The minimum absolute atomic E-state index is 0.120. The number of aromatic nitrogens is 1. The summed E-state index contributed by atoms with van der Waals surface area (Å²) < 4.78 is 10.2. The number of amides is 2. The van der Waals surface area contributed by atoms with Crippen LogP contribution in [0.5, 0.6) is 0 Å². The number of nitrogens with one attached hydrogen (secondary N) is 2. The van der Waals surface area contributed by atoms with E-state index in [2.05, 4.69) is 16.0 Å². The molecule has 2 rings (SSSR count). The molecule has 0 fully saturated rings. The molecule has 0 saturated heterocycles. The van der Waals surface area contributed by atoms with E-state index in [9.17, 15) is 9.59 Å². The van der Waals surface area contributed by atoms with Gasteiger partial charge in [-0.3, -0.25) is 20.4 Å². The van der Waals surface area contributed by atoms with Gasteiger partial charge in [0.05, 0.1) is 18.8 Å². The Hall–Kier alpha value is -1.60. The molecule has 7 nitrogen and oxygen atoms in total. The van der Waals surface area contributed by atoms with Crippen LogP contribution in [0.2, 0.25) is 0 Å². The second kappa shape index (κ2) is 5.15. The van der Waals surface area contributed by atoms with Crippen molar-refractivity contribution in [1.82, 2.24) is 16.0 Å². The fourth-order valence-electron chi connectivity index (χ4n) is 1.43. The van der Waals surface area contributed by atoms with Crippen molar-refractivity contribution in [3.8, 4) is 0 Å². The van der Waals surface area contributed by atoms with Crippen molar-refractivity contribution in [3.63, 3.8) is 0 Å². The minimum atomic E-state index is -0.557. The quantitative estimate of drug-likeness (QED) is 0.564. The summed E-state index contributed by atoms with van der Waals surface area (Å²) in [6.07, 6.45) is 0.587. The molecule has 2 heterocycles. The van der Waals surface area contributed by atoms with Crippen molar-refractivity contribution >= 4 is 23.4 Å². The Balaban J connectivity index is 2.04. The van der Waals surface area contributed by atoms with Gasteiger partial charge in [0, 0.05) is 6.42 Å². The first-order chi connectivity index (χ1) is 8.22. The predicted octanol–water partition coefficient (Wildman–Crippen LogP) is -0.253. The average Bonchev–Trinajstić information content (AvgIpc) is 2.79. The van der Waals surface area contributed by atoms with Crippen LogP contribution in [0.15, 0.2) is 4.52 Å². The Morgan fingerprint density at radius 1 is 1.41 bits per heavy atom. The molecule has 0 aliphatic carbocycles. The molecule has 0 saturated carbocycles. The zero-order valence-corrected chi connectivity index (χ0v) is 9.54. The number of rotatable bonds is 2. The normalized spacial score (nSPS) is 13.9. The van der Waals surface area contributed by atoms with E-state index in [4.69, 9.17) is 20.9 Å². The summed E-state index contributed by atoms with van der Waals surface area (Å²) in [7, 11) is 0. The minimum Gasteiger partial charge on any atom is -0.376 e. The number of hydrazine groups is 1. The van der Waals surface area contributed by atoms with Gasteiger partial charge in [0.25, 0.3) is 11.8 Å². The van der Waals surface area contributed by atoms with Crippen molar-refractivity contribution in [1.29, 1.82) is 0 Å². The monoisotopic (exact) mass is 259 g/mol. The van der Waals surface area contributed by atoms with Crippen LogP contribution in [0, 0.1) is 0 Å². The first kappa shape index (κ1) is 11.9. The largest absolute Gasteiger partial charge is 0.376 e. The molecule has 0 spiro atoms. The number of alkyl halides is 1. The molecule has 1 aromatic rings. The first-order valence-electron chi connectivity index (χ1n) is 4.92. The Labute approximate surface area is 101 Å². The van der Waals surface area contributed by atoms with E-state index in [-0.39, 0.29) is 18.2 Å². The molecule has 1 aliphatic rings. The molecule has 0 aromatic carbocycles. The number of ether oxygens (including phenoxy) is 1. The number of hydrogen-bond donors (Lipinski definition) is 2. The summed E-state index contributed by atoms with van der Waals surface area (Å²) in [4.78, 5) is 22.5. The highest BCUT2D eigenvalue weighted by molar-refractivity contribution is 6.27. The highest BCUT2D eigenvalue weighted by atomic mass is 35.5. The van der Waals surface area contributed by atoms with Crippen LogP contribution in [0.25, 0.3) is 0 Å². The molecule has 2 N–H and O–H groups in total. The standard InChI is InChI=1S/C9H10ClN3O4/c10-3-7(14)11-12-9(15)8-5-4-16-2-1-6(5)17-13-8/h1-4H2,(H,11,14)(H,12,15). The number of carbonyl (C=O) groups excluding carboxylic acids is 2. The zero-order valence-electron chi connectivity index (χ0n) is 8.79. The van der Waals surface area contributed by atoms with E-state index >= 15 is 0 Å². The number of nitrogens with zero attached hydrogens (tertiary/aromatic N) is 1. The molecule has 1 aliphatic heterocycles. The molecule has 0 bridgehead atoms. The lowest BCUT2D eigenvalue weighted by molar-refractivity contribution is -0.119.